The topological polar surface area (TPSA) is 38.7 Å². The van der Waals surface area contributed by atoms with Crippen molar-refractivity contribution in [1.82, 2.24) is 0 Å². The molecule has 0 fully saturated rings. The van der Waals surface area contributed by atoms with Crippen molar-refractivity contribution in [1.29, 1.82) is 0 Å². The minimum Gasteiger partial charge on any atom is -0.507 e. The second-order valence-corrected chi connectivity index (χ2v) is 7.77. The molecule has 1 aromatic rings. The van der Waals surface area contributed by atoms with Crippen molar-refractivity contribution in [3.05, 3.63) is 47.1 Å². The van der Waals surface area contributed by atoms with Crippen molar-refractivity contribution in [2.24, 2.45) is 5.92 Å². The quantitative estimate of drug-likeness (QED) is 0.289. The molecule has 0 saturated heterocycles. The number of unbranched alkanes of at least 4 members (excludes halogenated alkanes) is 2. The molecule has 150 valence electrons. The molecular weight excluding hydrogens is 336 g/mol. The zero-order valence-corrected chi connectivity index (χ0v) is 17.5. The summed E-state index contributed by atoms with van der Waals surface area (Å²) in [5, 5.41) is 10.9. The first-order chi connectivity index (χ1) is 13.0. The molecule has 1 N–H and O–H groups in total. The second-order valence-electron chi connectivity index (χ2n) is 7.77. The largest absolute Gasteiger partial charge is 0.507 e. The van der Waals surface area contributed by atoms with Crippen LogP contribution in [-0.4, -0.2) is 18.5 Å². The van der Waals surface area contributed by atoms with Crippen LogP contribution in [0.25, 0.3) is 0 Å². The summed E-state index contributed by atoms with van der Waals surface area (Å²) in [5.74, 6) is 1.49. The van der Waals surface area contributed by atoms with Crippen molar-refractivity contribution in [2.45, 2.75) is 72.1 Å². The summed E-state index contributed by atoms with van der Waals surface area (Å²) in [7, 11) is 0. The van der Waals surface area contributed by atoms with Gasteiger partial charge in [-0.1, -0.05) is 43.6 Å². The van der Waals surface area contributed by atoms with Crippen molar-refractivity contribution in [3.8, 4) is 11.5 Å². The van der Waals surface area contributed by atoms with Crippen molar-refractivity contribution in [3.63, 3.8) is 0 Å². The van der Waals surface area contributed by atoms with E-state index in [4.69, 9.17) is 9.47 Å². The zero-order valence-electron chi connectivity index (χ0n) is 17.5. The molecule has 1 aliphatic rings. The zero-order chi connectivity index (χ0) is 19.8. The van der Waals surface area contributed by atoms with Crippen LogP contribution < -0.4 is 4.74 Å². The van der Waals surface area contributed by atoms with Gasteiger partial charge in [-0.2, -0.15) is 0 Å². The highest BCUT2D eigenvalue weighted by Gasteiger charge is 2.30. The maximum Gasteiger partial charge on any atom is 0.189 e. The summed E-state index contributed by atoms with van der Waals surface area (Å²) >= 11 is 0. The Balaban J connectivity index is 2.41. The molecule has 1 aliphatic carbocycles. The van der Waals surface area contributed by atoms with Gasteiger partial charge in [-0.05, 0) is 70.1 Å². The molecule has 1 aromatic carbocycles. The van der Waals surface area contributed by atoms with E-state index in [1.165, 1.54) is 18.4 Å². The Morgan fingerprint density at radius 1 is 1.26 bits per heavy atom. The molecule has 0 heterocycles. The lowest BCUT2D eigenvalue weighted by atomic mass is 9.73. The van der Waals surface area contributed by atoms with Gasteiger partial charge in [0.15, 0.2) is 6.79 Å². The van der Waals surface area contributed by atoms with Crippen LogP contribution in [0.15, 0.2) is 35.9 Å². The van der Waals surface area contributed by atoms with Crippen LogP contribution >= 0.6 is 0 Å². The molecule has 27 heavy (non-hydrogen) atoms. The van der Waals surface area contributed by atoms with Crippen LogP contribution in [-0.2, 0) is 11.2 Å². The third-order valence-electron chi connectivity index (χ3n) is 5.46. The molecule has 3 nitrogen and oxygen atoms in total. The SMILES string of the molecule is C=C(C)[C@@H]1CCC(C)=C[C@H]1c1c(O)cc(CCCCC)cc1OCOCC. The van der Waals surface area contributed by atoms with E-state index in [2.05, 4.69) is 39.5 Å². The molecule has 2 rings (SSSR count). The van der Waals surface area contributed by atoms with Crippen LogP contribution in [0, 0.1) is 5.92 Å². The highest BCUT2D eigenvalue weighted by Crippen LogP contribution is 2.47. The average molecular weight is 373 g/mol. The minimum atomic E-state index is 0.0950. The minimum absolute atomic E-state index is 0.0950. The fourth-order valence-corrected chi connectivity index (χ4v) is 3.94. The van der Waals surface area contributed by atoms with Crippen LogP contribution in [0.3, 0.4) is 0 Å². The Labute approximate surface area is 165 Å². The van der Waals surface area contributed by atoms with E-state index < -0.39 is 0 Å². The highest BCUT2D eigenvalue weighted by atomic mass is 16.7. The molecule has 3 heteroatoms. The van der Waals surface area contributed by atoms with E-state index in [9.17, 15) is 5.11 Å². The summed E-state index contributed by atoms with van der Waals surface area (Å²) in [6, 6.07) is 4.02. The van der Waals surface area contributed by atoms with Gasteiger partial charge in [0.05, 0.1) is 0 Å². The number of benzene rings is 1. The summed E-state index contributed by atoms with van der Waals surface area (Å²) in [5.41, 5.74) is 4.52. The number of phenolic OH excluding ortho intramolecular Hbond substituents is 1. The molecular formula is C24H36O3. The maximum absolute atomic E-state index is 10.9. The Morgan fingerprint density at radius 2 is 2.04 bits per heavy atom. The normalized spacial score (nSPS) is 19.6. The van der Waals surface area contributed by atoms with Crippen molar-refractivity contribution < 1.29 is 14.6 Å². The number of hydrogen-bond donors (Lipinski definition) is 1. The van der Waals surface area contributed by atoms with E-state index in [1.807, 2.05) is 13.0 Å². The fourth-order valence-electron chi connectivity index (χ4n) is 3.94. The number of allylic oxidation sites excluding steroid dienone is 3. The third-order valence-corrected chi connectivity index (χ3v) is 5.46. The van der Waals surface area contributed by atoms with Gasteiger partial charge in [-0.25, -0.2) is 0 Å². The maximum atomic E-state index is 10.9. The van der Waals surface area contributed by atoms with E-state index in [0.717, 1.165) is 48.1 Å². The van der Waals surface area contributed by atoms with Gasteiger partial charge < -0.3 is 14.6 Å². The Morgan fingerprint density at radius 3 is 2.70 bits per heavy atom. The summed E-state index contributed by atoms with van der Waals surface area (Å²) < 4.78 is 11.4. The summed E-state index contributed by atoms with van der Waals surface area (Å²) in [6.07, 6.45) is 8.88. The Hall–Kier alpha value is -1.74. The molecule has 0 bridgehead atoms. The Kier molecular flexibility index (Phi) is 8.43. The van der Waals surface area contributed by atoms with Crippen molar-refractivity contribution >= 4 is 0 Å². The lowest BCUT2D eigenvalue weighted by molar-refractivity contribution is 0.0214. The van der Waals surface area contributed by atoms with Crippen LogP contribution in [0.4, 0.5) is 0 Å². The van der Waals surface area contributed by atoms with Gasteiger partial charge in [0.1, 0.15) is 11.5 Å². The third kappa shape index (κ3) is 5.87. The smallest absolute Gasteiger partial charge is 0.189 e. The number of phenols is 1. The van der Waals surface area contributed by atoms with Gasteiger partial charge in [0.2, 0.25) is 0 Å². The molecule has 2 atom stereocenters. The van der Waals surface area contributed by atoms with Gasteiger partial charge in [-0.15, -0.1) is 0 Å². The average Bonchev–Trinajstić information content (AvgIpc) is 2.61. The standard InChI is InChI=1S/C24H36O3/c1-6-8-9-10-19-14-22(25)24(23(15-19)27-16-26-7-2)21-13-18(5)11-12-20(21)17(3)4/h13-15,20-21,25H,3,6-12,16H2,1-2,4-5H3/t20-,21+/m0/s1. The number of hydrogen-bond acceptors (Lipinski definition) is 3. The van der Waals surface area contributed by atoms with Gasteiger partial charge in [0, 0.05) is 18.1 Å². The molecule has 0 saturated carbocycles. The van der Waals surface area contributed by atoms with Crippen LogP contribution in [0.1, 0.15) is 76.8 Å². The van der Waals surface area contributed by atoms with Gasteiger partial charge >= 0.3 is 0 Å². The van der Waals surface area contributed by atoms with Gasteiger partial charge in [-0.3, -0.25) is 0 Å². The van der Waals surface area contributed by atoms with E-state index in [1.54, 1.807) is 0 Å². The summed E-state index contributed by atoms with van der Waals surface area (Å²) in [4.78, 5) is 0. The first-order valence-electron chi connectivity index (χ1n) is 10.4. The second kappa shape index (κ2) is 10.6. The molecule has 0 aliphatic heterocycles. The Bertz CT molecular complexity index is 660. The van der Waals surface area contributed by atoms with Crippen LogP contribution in [0.5, 0.6) is 11.5 Å². The van der Waals surface area contributed by atoms with E-state index in [0.29, 0.717) is 18.3 Å². The van der Waals surface area contributed by atoms with Crippen molar-refractivity contribution in [2.75, 3.05) is 13.4 Å². The molecule has 0 radical (unpaired) electrons. The first kappa shape index (κ1) is 21.6. The highest BCUT2D eigenvalue weighted by molar-refractivity contribution is 5.52. The predicted octanol–water partition coefficient (Wildman–Crippen LogP) is 6.51. The van der Waals surface area contributed by atoms with E-state index >= 15 is 0 Å². The predicted molar refractivity (Wildman–Crippen MR) is 112 cm³/mol. The van der Waals surface area contributed by atoms with Gasteiger partial charge in [0.25, 0.3) is 0 Å². The molecule has 0 amide bonds. The molecule has 0 aromatic heterocycles. The molecule has 0 spiro atoms. The lowest BCUT2D eigenvalue weighted by Crippen LogP contribution is -2.18. The number of aromatic hydroxyl groups is 1. The number of rotatable bonds is 10. The fraction of sp³-hybridized carbons (Fsp3) is 0.583. The number of aryl methyl sites for hydroxylation is 1. The summed E-state index contributed by atoms with van der Waals surface area (Å²) in [6.45, 7) is 13.4. The number of ether oxygens (including phenoxy) is 2. The van der Waals surface area contributed by atoms with Crippen LogP contribution in [0.2, 0.25) is 0 Å². The first-order valence-corrected chi connectivity index (χ1v) is 10.4. The monoisotopic (exact) mass is 372 g/mol. The lowest BCUT2D eigenvalue weighted by Gasteiger charge is -2.32. The van der Waals surface area contributed by atoms with E-state index in [-0.39, 0.29) is 12.7 Å². The molecule has 0 unspecified atom stereocenters.